The molecular formula is C22H26N2O3S. The Bertz CT molecular complexity index is 826. The number of carbonyl (C=O) groups excluding carboxylic acids is 2. The second-order valence-electron chi connectivity index (χ2n) is 7.88. The highest BCUT2D eigenvalue weighted by molar-refractivity contribution is 7.09. The number of aryl methyl sites for hydroxylation is 1. The Labute approximate surface area is 169 Å². The van der Waals surface area contributed by atoms with E-state index in [0.717, 1.165) is 23.3 Å². The van der Waals surface area contributed by atoms with E-state index in [9.17, 15) is 9.59 Å². The van der Waals surface area contributed by atoms with Crippen molar-refractivity contribution in [3.63, 3.8) is 0 Å². The molecule has 6 heteroatoms. The molecule has 0 bridgehead atoms. The third-order valence-electron chi connectivity index (χ3n) is 6.06. The summed E-state index contributed by atoms with van der Waals surface area (Å²) in [5, 5.41) is 5.11. The van der Waals surface area contributed by atoms with E-state index < -0.39 is 0 Å². The summed E-state index contributed by atoms with van der Waals surface area (Å²) in [7, 11) is 0. The highest BCUT2D eigenvalue weighted by Gasteiger charge is 2.51. The quantitative estimate of drug-likeness (QED) is 0.860. The zero-order valence-electron chi connectivity index (χ0n) is 16.1. The summed E-state index contributed by atoms with van der Waals surface area (Å²) < 4.78 is 5.56. The molecule has 0 aliphatic carbocycles. The van der Waals surface area contributed by atoms with Gasteiger partial charge in [-0.1, -0.05) is 23.8 Å². The van der Waals surface area contributed by atoms with Gasteiger partial charge in [-0.2, -0.15) is 0 Å². The Balaban J connectivity index is 1.51. The number of rotatable bonds is 4. The lowest BCUT2D eigenvalue weighted by molar-refractivity contribution is -0.130. The van der Waals surface area contributed by atoms with Gasteiger partial charge >= 0.3 is 0 Å². The fourth-order valence-electron chi connectivity index (χ4n) is 4.36. The minimum atomic E-state index is -0.189. The maximum Gasteiger partial charge on any atom is 0.253 e. The lowest BCUT2D eigenvalue weighted by atomic mass is 9.72. The monoisotopic (exact) mass is 398 g/mol. The predicted molar refractivity (Wildman–Crippen MR) is 109 cm³/mol. The summed E-state index contributed by atoms with van der Waals surface area (Å²) in [6.45, 7) is 4.96. The molecule has 1 aromatic heterocycles. The van der Waals surface area contributed by atoms with E-state index in [1.165, 1.54) is 0 Å². The van der Waals surface area contributed by atoms with Gasteiger partial charge in [0.2, 0.25) is 5.91 Å². The summed E-state index contributed by atoms with van der Waals surface area (Å²) >= 11 is 1.64. The highest BCUT2D eigenvalue weighted by atomic mass is 32.1. The van der Waals surface area contributed by atoms with Crippen LogP contribution in [0.4, 0.5) is 0 Å². The van der Waals surface area contributed by atoms with Crippen LogP contribution in [0.15, 0.2) is 41.8 Å². The highest BCUT2D eigenvalue weighted by Crippen LogP contribution is 2.44. The minimum Gasteiger partial charge on any atom is -0.381 e. The van der Waals surface area contributed by atoms with Crippen molar-refractivity contribution in [3.8, 4) is 0 Å². The molecule has 4 rings (SSSR count). The number of thiophene rings is 1. The molecular weight excluding hydrogens is 372 g/mol. The van der Waals surface area contributed by atoms with Crippen LogP contribution in [0.5, 0.6) is 0 Å². The Kier molecular flexibility index (Phi) is 5.51. The van der Waals surface area contributed by atoms with Crippen molar-refractivity contribution in [2.75, 3.05) is 26.3 Å². The summed E-state index contributed by atoms with van der Waals surface area (Å²) in [4.78, 5) is 29.1. The molecule has 2 amide bonds. The summed E-state index contributed by atoms with van der Waals surface area (Å²) in [5.74, 6) is -0.125. The van der Waals surface area contributed by atoms with Crippen LogP contribution >= 0.6 is 11.3 Å². The molecule has 5 nitrogen and oxygen atoms in total. The van der Waals surface area contributed by atoms with E-state index in [0.29, 0.717) is 38.4 Å². The van der Waals surface area contributed by atoms with Gasteiger partial charge in [-0.05, 0) is 43.3 Å². The Morgan fingerprint density at radius 1 is 1.21 bits per heavy atom. The summed E-state index contributed by atoms with van der Waals surface area (Å²) in [5.41, 5.74) is 1.63. The van der Waals surface area contributed by atoms with Crippen LogP contribution in [0.3, 0.4) is 0 Å². The number of hydrogen-bond acceptors (Lipinski definition) is 4. The van der Waals surface area contributed by atoms with Crippen LogP contribution in [-0.2, 0) is 16.1 Å². The van der Waals surface area contributed by atoms with Gasteiger partial charge in [0.1, 0.15) is 0 Å². The number of amides is 2. The van der Waals surface area contributed by atoms with E-state index in [4.69, 9.17) is 4.74 Å². The van der Waals surface area contributed by atoms with Gasteiger partial charge in [0.05, 0.1) is 12.5 Å². The number of carbonyl (C=O) groups is 2. The van der Waals surface area contributed by atoms with Crippen LogP contribution in [0.25, 0.3) is 0 Å². The Hall–Kier alpha value is -2.18. The fourth-order valence-corrected chi connectivity index (χ4v) is 5.00. The van der Waals surface area contributed by atoms with Gasteiger partial charge in [-0.15, -0.1) is 11.3 Å². The normalized spacial score (nSPS) is 21.0. The van der Waals surface area contributed by atoms with Crippen LogP contribution in [0.2, 0.25) is 0 Å². The van der Waals surface area contributed by atoms with Crippen LogP contribution in [0.1, 0.15) is 33.6 Å². The smallest absolute Gasteiger partial charge is 0.253 e. The maximum atomic E-state index is 13.1. The lowest BCUT2D eigenvalue weighted by Gasteiger charge is -2.37. The maximum absolute atomic E-state index is 13.1. The molecule has 2 aliphatic rings. The minimum absolute atomic E-state index is 0.0134. The second-order valence-corrected chi connectivity index (χ2v) is 8.91. The average molecular weight is 399 g/mol. The summed E-state index contributed by atoms with van der Waals surface area (Å²) in [6.07, 6.45) is 1.64. The van der Waals surface area contributed by atoms with Crippen molar-refractivity contribution in [1.29, 1.82) is 0 Å². The third kappa shape index (κ3) is 3.84. The first-order valence-electron chi connectivity index (χ1n) is 9.81. The Morgan fingerprint density at radius 2 is 1.96 bits per heavy atom. The van der Waals surface area contributed by atoms with Gasteiger partial charge in [0, 0.05) is 42.2 Å². The van der Waals surface area contributed by atoms with E-state index in [1.807, 2.05) is 53.6 Å². The molecule has 0 saturated carbocycles. The van der Waals surface area contributed by atoms with Crippen molar-refractivity contribution in [2.24, 2.45) is 11.3 Å². The van der Waals surface area contributed by atoms with E-state index >= 15 is 0 Å². The van der Waals surface area contributed by atoms with Crippen molar-refractivity contribution < 1.29 is 14.3 Å². The zero-order chi connectivity index (χ0) is 19.6. The molecule has 2 aromatic rings. The number of nitrogens with zero attached hydrogens (tertiary/aromatic N) is 1. The van der Waals surface area contributed by atoms with E-state index in [-0.39, 0.29) is 23.1 Å². The standard InChI is InChI=1S/C22H26N2O3S/c1-16-4-6-17(7-5-16)21(26)24-14-19(22(15-24)8-10-27-11-9-22)20(25)23-13-18-3-2-12-28-18/h2-7,12,19H,8-11,13-15H2,1H3,(H,23,25)/t19-/m1/s1. The molecule has 1 aromatic carbocycles. The average Bonchev–Trinajstić information content (AvgIpc) is 3.35. The number of likely N-dealkylation sites (tertiary alicyclic amines) is 1. The zero-order valence-corrected chi connectivity index (χ0v) is 17.0. The molecule has 0 unspecified atom stereocenters. The number of ether oxygens (including phenoxy) is 1. The van der Waals surface area contributed by atoms with Crippen molar-refractivity contribution >= 4 is 23.2 Å². The topological polar surface area (TPSA) is 58.6 Å². The predicted octanol–water partition coefficient (Wildman–Crippen LogP) is 3.24. The van der Waals surface area contributed by atoms with Crippen molar-refractivity contribution in [3.05, 3.63) is 57.8 Å². The largest absolute Gasteiger partial charge is 0.381 e. The molecule has 2 aliphatic heterocycles. The third-order valence-corrected chi connectivity index (χ3v) is 6.93. The van der Waals surface area contributed by atoms with E-state index in [2.05, 4.69) is 5.32 Å². The molecule has 1 N–H and O–H groups in total. The Morgan fingerprint density at radius 3 is 2.64 bits per heavy atom. The second kappa shape index (κ2) is 8.05. The van der Waals surface area contributed by atoms with Gasteiger partial charge in [-0.25, -0.2) is 0 Å². The molecule has 2 saturated heterocycles. The van der Waals surface area contributed by atoms with Crippen LogP contribution < -0.4 is 5.32 Å². The molecule has 3 heterocycles. The molecule has 28 heavy (non-hydrogen) atoms. The molecule has 1 spiro atoms. The summed E-state index contributed by atoms with van der Waals surface area (Å²) in [6, 6.07) is 11.7. The van der Waals surface area contributed by atoms with Crippen LogP contribution in [-0.4, -0.2) is 43.0 Å². The number of hydrogen-bond donors (Lipinski definition) is 1. The SMILES string of the molecule is Cc1ccc(C(=O)N2C[C@H](C(=O)NCc3cccs3)C3(CCOCC3)C2)cc1. The fraction of sp³-hybridized carbons (Fsp3) is 0.455. The molecule has 1 atom stereocenters. The van der Waals surface area contributed by atoms with Crippen molar-refractivity contribution in [1.82, 2.24) is 10.2 Å². The first-order chi connectivity index (χ1) is 13.6. The first kappa shape index (κ1) is 19.2. The molecule has 0 radical (unpaired) electrons. The van der Waals surface area contributed by atoms with Crippen molar-refractivity contribution in [2.45, 2.75) is 26.3 Å². The number of nitrogens with one attached hydrogen (secondary N) is 1. The molecule has 2 fully saturated rings. The number of benzene rings is 1. The van der Waals surface area contributed by atoms with Gasteiger partial charge < -0.3 is 15.0 Å². The lowest BCUT2D eigenvalue weighted by Crippen LogP contribution is -2.44. The van der Waals surface area contributed by atoms with Gasteiger partial charge in [0.15, 0.2) is 0 Å². The van der Waals surface area contributed by atoms with Gasteiger partial charge in [0.25, 0.3) is 5.91 Å². The molecule has 148 valence electrons. The first-order valence-corrected chi connectivity index (χ1v) is 10.7. The van der Waals surface area contributed by atoms with Crippen LogP contribution in [0, 0.1) is 18.3 Å². The van der Waals surface area contributed by atoms with Gasteiger partial charge in [-0.3, -0.25) is 9.59 Å². The van der Waals surface area contributed by atoms with E-state index in [1.54, 1.807) is 11.3 Å².